The minimum Gasteiger partial charge on any atom is -0.356 e. The zero-order valence-electron chi connectivity index (χ0n) is 18.0. The average Bonchev–Trinajstić information content (AvgIpc) is 3.22. The van der Waals surface area contributed by atoms with Crippen molar-refractivity contribution in [3.05, 3.63) is 66.0 Å². The molecule has 33 heavy (non-hydrogen) atoms. The van der Waals surface area contributed by atoms with Gasteiger partial charge in [0, 0.05) is 37.8 Å². The number of fused-ring (bicyclic) bond motifs is 1. The molecular formula is C22H23N7O3S. The maximum atomic E-state index is 13.0. The molecule has 0 amide bonds. The van der Waals surface area contributed by atoms with Crippen molar-refractivity contribution in [3.8, 4) is 0 Å². The molecule has 1 saturated heterocycles. The van der Waals surface area contributed by atoms with E-state index in [0.29, 0.717) is 54.9 Å². The van der Waals surface area contributed by atoms with Gasteiger partial charge in [0.1, 0.15) is 17.3 Å². The summed E-state index contributed by atoms with van der Waals surface area (Å²) in [7, 11) is -3.52. The van der Waals surface area contributed by atoms with Crippen LogP contribution in [0.4, 0.5) is 17.5 Å². The van der Waals surface area contributed by atoms with Crippen LogP contribution in [0.15, 0.2) is 59.3 Å². The van der Waals surface area contributed by atoms with Gasteiger partial charge in [-0.05, 0) is 48.9 Å². The molecule has 1 aromatic carbocycles. The topological polar surface area (TPSA) is 117 Å². The summed E-state index contributed by atoms with van der Waals surface area (Å²) < 4.78 is 32.7. The number of para-hydroxylation sites is 1. The molecular weight excluding hydrogens is 442 g/mol. The minimum atomic E-state index is -3.52. The minimum absolute atomic E-state index is 0.183. The Morgan fingerprint density at radius 3 is 2.58 bits per heavy atom. The van der Waals surface area contributed by atoms with Crippen LogP contribution in [0.5, 0.6) is 0 Å². The number of pyridine rings is 1. The number of nitrogens with one attached hydrogen (secondary N) is 1. The first-order valence-electron chi connectivity index (χ1n) is 10.6. The van der Waals surface area contributed by atoms with Gasteiger partial charge in [0.15, 0.2) is 17.2 Å². The number of sulfonamides is 1. The molecule has 11 heteroatoms. The van der Waals surface area contributed by atoms with Crippen molar-refractivity contribution in [2.75, 3.05) is 36.4 Å². The quantitative estimate of drug-likeness (QED) is 0.458. The number of aromatic nitrogens is 4. The standard InChI is InChI=1S/C22H23N7O3S/c1-16-8-9-23-21(14-16)24-20-6-7-22(26-25-20)28-10-12-29(13-11-28)33(30,31)15-18-17-4-2-3-5-19(17)32-27-18/h2-9,14H,10-13,15H2,1H3,(H,23,24,25). The number of rotatable bonds is 6. The Balaban J connectivity index is 1.20. The van der Waals surface area contributed by atoms with Gasteiger partial charge in [0.25, 0.3) is 0 Å². The molecule has 1 aliphatic heterocycles. The van der Waals surface area contributed by atoms with E-state index in [1.165, 1.54) is 4.31 Å². The van der Waals surface area contributed by atoms with E-state index in [1.54, 1.807) is 12.3 Å². The number of piperazine rings is 1. The normalized spacial score (nSPS) is 15.1. The molecule has 1 aliphatic rings. The molecule has 4 heterocycles. The maximum absolute atomic E-state index is 13.0. The predicted octanol–water partition coefficient (Wildman–Crippen LogP) is 2.72. The number of nitrogens with zero attached hydrogens (tertiary/aromatic N) is 6. The van der Waals surface area contributed by atoms with Crippen LogP contribution in [-0.2, 0) is 15.8 Å². The van der Waals surface area contributed by atoms with E-state index < -0.39 is 10.0 Å². The lowest BCUT2D eigenvalue weighted by Gasteiger charge is -2.34. The average molecular weight is 466 g/mol. The van der Waals surface area contributed by atoms with Gasteiger partial charge in [-0.2, -0.15) is 4.31 Å². The van der Waals surface area contributed by atoms with Crippen LogP contribution in [0, 0.1) is 6.92 Å². The first kappa shape index (κ1) is 21.3. The fraction of sp³-hybridized carbons (Fsp3) is 0.273. The Bertz CT molecular complexity index is 1360. The van der Waals surface area contributed by atoms with Gasteiger partial charge in [-0.3, -0.25) is 0 Å². The first-order chi connectivity index (χ1) is 16.0. The third-order valence-electron chi connectivity index (χ3n) is 5.55. The van der Waals surface area contributed by atoms with Crippen molar-refractivity contribution in [2.45, 2.75) is 12.7 Å². The maximum Gasteiger partial charge on any atom is 0.220 e. The van der Waals surface area contributed by atoms with Crippen LogP contribution >= 0.6 is 0 Å². The molecule has 0 unspecified atom stereocenters. The fourth-order valence-corrected chi connectivity index (χ4v) is 5.25. The van der Waals surface area contributed by atoms with Gasteiger partial charge in [0.05, 0.1) is 0 Å². The Morgan fingerprint density at radius 2 is 1.82 bits per heavy atom. The summed E-state index contributed by atoms with van der Waals surface area (Å²) in [5.41, 5.74) is 2.12. The highest BCUT2D eigenvalue weighted by molar-refractivity contribution is 7.88. The van der Waals surface area contributed by atoms with E-state index in [0.717, 1.165) is 10.9 Å². The van der Waals surface area contributed by atoms with Gasteiger partial charge < -0.3 is 14.7 Å². The summed E-state index contributed by atoms with van der Waals surface area (Å²) in [6, 6.07) is 14.8. The fourth-order valence-electron chi connectivity index (χ4n) is 3.80. The molecule has 0 atom stereocenters. The van der Waals surface area contributed by atoms with Gasteiger partial charge >= 0.3 is 0 Å². The Morgan fingerprint density at radius 1 is 1.00 bits per heavy atom. The van der Waals surface area contributed by atoms with Crippen molar-refractivity contribution < 1.29 is 12.9 Å². The van der Waals surface area contributed by atoms with Crippen LogP contribution < -0.4 is 10.2 Å². The SMILES string of the molecule is Cc1ccnc(Nc2ccc(N3CCN(S(=O)(=O)Cc4noc5ccccc45)CC3)nn2)c1. The van der Waals surface area contributed by atoms with Crippen molar-refractivity contribution in [1.29, 1.82) is 0 Å². The second-order valence-corrected chi connectivity index (χ2v) is 9.86. The molecule has 3 aromatic heterocycles. The van der Waals surface area contributed by atoms with Crippen molar-refractivity contribution in [3.63, 3.8) is 0 Å². The van der Waals surface area contributed by atoms with Gasteiger partial charge in [-0.15, -0.1) is 10.2 Å². The monoisotopic (exact) mass is 465 g/mol. The molecule has 0 bridgehead atoms. The number of benzene rings is 1. The van der Waals surface area contributed by atoms with Gasteiger partial charge in [-0.25, -0.2) is 13.4 Å². The molecule has 0 aliphatic carbocycles. The van der Waals surface area contributed by atoms with E-state index >= 15 is 0 Å². The molecule has 5 rings (SSSR count). The number of anilines is 3. The number of hydrogen-bond acceptors (Lipinski definition) is 9. The second kappa shape index (κ2) is 8.75. The van der Waals surface area contributed by atoms with Crippen molar-refractivity contribution in [1.82, 2.24) is 24.6 Å². The first-order valence-corrected chi connectivity index (χ1v) is 12.2. The number of aryl methyl sites for hydroxylation is 1. The van der Waals surface area contributed by atoms with Crippen LogP contribution in [0.2, 0.25) is 0 Å². The van der Waals surface area contributed by atoms with Crippen LogP contribution in [0.1, 0.15) is 11.3 Å². The Hall–Kier alpha value is -3.57. The third-order valence-corrected chi connectivity index (χ3v) is 7.34. The molecule has 1 N–H and O–H groups in total. The largest absolute Gasteiger partial charge is 0.356 e. The lowest BCUT2D eigenvalue weighted by Crippen LogP contribution is -2.49. The van der Waals surface area contributed by atoms with E-state index in [2.05, 4.69) is 25.7 Å². The number of hydrogen-bond donors (Lipinski definition) is 1. The van der Waals surface area contributed by atoms with E-state index in [1.807, 2.05) is 54.3 Å². The molecule has 0 radical (unpaired) electrons. The van der Waals surface area contributed by atoms with Crippen LogP contribution in [0.25, 0.3) is 11.0 Å². The summed E-state index contributed by atoms with van der Waals surface area (Å²) in [4.78, 5) is 6.29. The Kier molecular flexibility index (Phi) is 5.65. The summed E-state index contributed by atoms with van der Waals surface area (Å²) in [5, 5.41) is 16.3. The Labute approximate surface area is 191 Å². The molecule has 170 valence electrons. The molecule has 0 spiro atoms. The summed E-state index contributed by atoms with van der Waals surface area (Å²) >= 11 is 0. The lowest BCUT2D eigenvalue weighted by molar-refractivity contribution is 0.381. The zero-order valence-corrected chi connectivity index (χ0v) is 18.9. The predicted molar refractivity (Wildman–Crippen MR) is 125 cm³/mol. The summed E-state index contributed by atoms with van der Waals surface area (Å²) in [6.45, 7) is 3.79. The summed E-state index contributed by atoms with van der Waals surface area (Å²) in [5.74, 6) is 1.82. The molecule has 4 aromatic rings. The third kappa shape index (κ3) is 4.64. The highest BCUT2D eigenvalue weighted by Gasteiger charge is 2.29. The van der Waals surface area contributed by atoms with E-state index in [-0.39, 0.29) is 5.75 Å². The van der Waals surface area contributed by atoms with Gasteiger partial charge in [-0.1, -0.05) is 17.3 Å². The highest BCUT2D eigenvalue weighted by atomic mass is 32.2. The van der Waals surface area contributed by atoms with Crippen molar-refractivity contribution >= 4 is 38.4 Å². The highest BCUT2D eigenvalue weighted by Crippen LogP contribution is 2.23. The van der Waals surface area contributed by atoms with Gasteiger partial charge in [0.2, 0.25) is 10.0 Å². The lowest BCUT2D eigenvalue weighted by atomic mass is 10.2. The zero-order chi connectivity index (χ0) is 22.8. The molecule has 0 saturated carbocycles. The molecule has 10 nitrogen and oxygen atoms in total. The second-order valence-electron chi connectivity index (χ2n) is 7.89. The van der Waals surface area contributed by atoms with E-state index in [9.17, 15) is 8.42 Å². The van der Waals surface area contributed by atoms with Crippen LogP contribution in [-0.4, -0.2) is 59.2 Å². The summed E-state index contributed by atoms with van der Waals surface area (Å²) in [6.07, 6.45) is 1.73. The smallest absolute Gasteiger partial charge is 0.220 e. The molecule has 1 fully saturated rings. The van der Waals surface area contributed by atoms with Crippen LogP contribution in [0.3, 0.4) is 0 Å². The van der Waals surface area contributed by atoms with E-state index in [4.69, 9.17) is 4.52 Å². The van der Waals surface area contributed by atoms with Crippen molar-refractivity contribution in [2.24, 2.45) is 0 Å².